The summed E-state index contributed by atoms with van der Waals surface area (Å²) in [6, 6.07) is 11.7. The van der Waals surface area contributed by atoms with Gasteiger partial charge in [0.25, 0.3) is 0 Å². The summed E-state index contributed by atoms with van der Waals surface area (Å²) >= 11 is 0. The molecule has 176 valence electrons. The first-order chi connectivity index (χ1) is 15.1. The molecular formula is C20H26N2O8S2. The van der Waals surface area contributed by atoms with Gasteiger partial charge < -0.3 is 14.2 Å². The molecule has 0 heterocycles. The first-order valence-electron chi connectivity index (χ1n) is 9.51. The average molecular weight is 487 g/mol. The standard InChI is InChI=1S/C20H26N2O8S2/c1-22(2)32(26,27)19-10-6-17(7-11-19)29-14-15-30-20(23)12-13-21-31(24,25)18-8-4-16(28-3)5-9-18/h4-11,21H,12-15H2,1-3H3. The molecule has 0 radical (unpaired) electrons. The number of nitrogens with one attached hydrogen (secondary N) is 1. The van der Waals surface area contributed by atoms with E-state index >= 15 is 0 Å². The summed E-state index contributed by atoms with van der Waals surface area (Å²) in [7, 11) is -2.90. The van der Waals surface area contributed by atoms with Crippen molar-refractivity contribution in [2.75, 3.05) is 41.0 Å². The third-order valence-corrected chi connectivity index (χ3v) is 7.51. The predicted molar refractivity (Wildman–Crippen MR) is 117 cm³/mol. The molecular weight excluding hydrogens is 460 g/mol. The van der Waals surface area contributed by atoms with Crippen LogP contribution in [0.5, 0.6) is 11.5 Å². The van der Waals surface area contributed by atoms with E-state index in [9.17, 15) is 21.6 Å². The third kappa shape index (κ3) is 7.19. The van der Waals surface area contributed by atoms with Crippen molar-refractivity contribution in [3.8, 4) is 11.5 Å². The zero-order chi connectivity index (χ0) is 23.8. The number of rotatable bonds is 12. The molecule has 0 fully saturated rings. The SMILES string of the molecule is COc1ccc(S(=O)(=O)NCCC(=O)OCCOc2ccc(S(=O)(=O)N(C)C)cc2)cc1. The molecule has 0 aliphatic rings. The van der Waals surface area contributed by atoms with E-state index in [1.807, 2.05) is 0 Å². The van der Waals surface area contributed by atoms with Gasteiger partial charge in [0, 0.05) is 20.6 Å². The number of carbonyl (C=O) groups excluding carboxylic acids is 1. The molecule has 0 aliphatic carbocycles. The lowest BCUT2D eigenvalue weighted by Crippen LogP contribution is -2.27. The lowest BCUT2D eigenvalue weighted by atomic mass is 10.3. The van der Waals surface area contributed by atoms with Crippen molar-refractivity contribution in [2.24, 2.45) is 0 Å². The third-order valence-electron chi connectivity index (χ3n) is 4.21. The van der Waals surface area contributed by atoms with Gasteiger partial charge in [-0.3, -0.25) is 4.79 Å². The molecule has 2 aromatic rings. The van der Waals surface area contributed by atoms with Gasteiger partial charge >= 0.3 is 5.97 Å². The van der Waals surface area contributed by atoms with E-state index in [4.69, 9.17) is 14.2 Å². The highest BCUT2D eigenvalue weighted by atomic mass is 32.2. The van der Waals surface area contributed by atoms with Crippen LogP contribution >= 0.6 is 0 Å². The first kappa shape index (κ1) is 25.6. The van der Waals surface area contributed by atoms with E-state index in [0.717, 1.165) is 4.31 Å². The Balaban J connectivity index is 1.70. The molecule has 2 rings (SSSR count). The summed E-state index contributed by atoms with van der Waals surface area (Å²) in [6.45, 7) is -0.0965. The number of sulfonamides is 2. The Morgan fingerprint density at radius 2 is 1.44 bits per heavy atom. The lowest BCUT2D eigenvalue weighted by Gasteiger charge is -2.12. The summed E-state index contributed by atoms with van der Waals surface area (Å²) in [4.78, 5) is 12.0. The maximum absolute atomic E-state index is 12.2. The second-order valence-electron chi connectivity index (χ2n) is 6.65. The van der Waals surface area contributed by atoms with Crippen LogP contribution in [0, 0.1) is 0 Å². The van der Waals surface area contributed by atoms with Gasteiger partial charge in [-0.1, -0.05) is 0 Å². The van der Waals surface area contributed by atoms with Crippen molar-refractivity contribution >= 4 is 26.0 Å². The molecule has 0 amide bonds. The Morgan fingerprint density at radius 3 is 2.00 bits per heavy atom. The molecule has 0 aliphatic heterocycles. The maximum Gasteiger partial charge on any atom is 0.307 e. The highest BCUT2D eigenvalue weighted by Gasteiger charge is 2.17. The van der Waals surface area contributed by atoms with Gasteiger partial charge in [-0.05, 0) is 48.5 Å². The molecule has 1 N–H and O–H groups in total. The minimum atomic E-state index is -3.75. The zero-order valence-electron chi connectivity index (χ0n) is 18.0. The number of nitrogens with zero attached hydrogens (tertiary/aromatic N) is 1. The van der Waals surface area contributed by atoms with E-state index in [1.165, 1.54) is 69.7 Å². The number of hydrogen-bond donors (Lipinski definition) is 1. The smallest absolute Gasteiger partial charge is 0.307 e. The number of methoxy groups -OCH3 is 1. The molecule has 2 aromatic carbocycles. The second-order valence-corrected chi connectivity index (χ2v) is 10.6. The van der Waals surface area contributed by atoms with Crippen LogP contribution in [0.1, 0.15) is 6.42 Å². The fourth-order valence-corrected chi connectivity index (χ4v) is 4.37. The van der Waals surface area contributed by atoms with Gasteiger partial charge in [-0.2, -0.15) is 0 Å². The fourth-order valence-electron chi connectivity index (χ4n) is 2.43. The van der Waals surface area contributed by atoms with Crippen LogP contribution < -0.4 is 14.2 Å². The van der Waals surface area contributed by atoms with Gasteiger partial charge in [0.2, 0.25) is 20.0 Å². The highest BCUT2D eigenvalue weighted by Crippen LogP contribution is 2.18. The molecule has 0 bridgehead atoms. The topological polar surface area (TPSA) is 128 Å². The summed E-state index contributed by atoms with van der Waals surface area (Å²) < 4.78 is 67.3. The maximum atomic E-state index is 12.2. The molecule has 0 atom stereocenters. The van der Waals surface area contributed by atoms with Crippen LogP contribution in [0.2, 0.25) is 0 Å². The molecule has 32 heavy (non-hydrogen) atoms. The molecule has 0 aromatic heterocycles. The molecule has 12 heteroatoms. The summed E-state index contributed by atoms with van der Waals surface area (Å²) in [5.74, 6) is 0.369. The largest absolute Gasteiger partial charge is 0.497 e. The van der Waals surface area contributed by atoms with Gasteiger partial charge in [0.05, 0.1) is 23.3 Å². The van der Waals surface area contributed by atoms with E-state index in [-0.39, 0.29) is 36.0 Å². The van der Waals surface area contributed by atoms with Crippen LogP contribution in [-0.2, 0) is 29.6 Å². The Labute approximate surface area is 188 Å². The summed E-state index contributed by atoms with van der Waals surface area (Å²) in [5, 5.41) is 0. The minimum Gasteiger partial charge on any atom is -0.497 e. The van der Waals surface area contributed by atoms with E-state index < -0.39 is 26.0 Å². The summed E-state index contributed by atoms with van der Waals surface area (Å²) in [5.41, 5.74) is 0. The highest BCUT2D eigenvalue weighted by molar-refractivity contribution is 7.89. The van der Waals surface area contributed by atoms with Crippen molar-refractivity contribution in [3.63, 3.8) is 0 Å². The van der Waals surface area contributed by atoms with Crippen LogP contribution in [0.4, 0.5) is 0 Å². The van der Waals surface area contributed by atoms with Crippen molar-refractivity contribution < 1.29 is 35.8 Å². The first-order valence-corrected chi connectivity index (χ1v) is 12.4. The van der Waals surface area contributed by atoms with Crippen LogP contribution in [0.15, 0.2) is 58.3 Å². The fraction of sp³-hybridized carbons (Fsp3) is 0.350. The van der Waals surface area contributed by atoms with E-state index in [0.29, 0.717) is 11.5 Å². The van der Waals surface area contributed by atoms with Crippen molar-refractivity contribution in [3.05, 3.63) is 48.5 Å². The number of benzene rings is 2. The average Bonchev–Trinajstić information content (AvgIpc) is 2.77. The quantitative estimate of drug-likeness (QED) is 0.351. The van der Waals surface area contributed by atoms with Crippen molar-refractivity contribution in [2.45, 2.75) is 16.2 Å². The van der Waals surface area contributed by atoms with Crippen molar-refractivity contribution in [1.82, 2.24) is 9.03 Å². The minimum absolute atomic E-state index is 0.0399. The van der Waals surface area contributed by atoms with Gasteiger partial charge in [-0.25, -0.2) is 25.9 Å². The number of ether oxygens (including phenoxy) is 3. The second kappa shape index (κ2) is 11.3. The summed E-state index contributed by atoms with van der Waals surface area (Å²) in [6.07, 6.45) is -0.146. The number of carbonyl (C=O) groups is 1. The number of esters is 1. The Kier molecular flexibility index (Phi) is 9.01. The van der Waals surface area contributed by atoms with Crippen LogP contribution in [-0.4, -0.2) is 68.1 Å². The van der Waals surface area contributed by atoms with E-state index in [2.05, 4.69) is 4.72 Å². The van der Waals surface area contributed by atoms with Gasteiger partial charge in [0.15, 0.2) is 0 Å². The van der Waals surface area contributed by atoms with E-state index in [1.54, 1.807) is 0 Å². The Morgan fingerprint density at radius 1 is 0.875 bits per heavy atom. The van der Waals surface area contributed by atoms with Crippen LogP contribution in [0.25, 0.3) is 0 Å². The molecule has 0 unspecified atom stereocenters. The molecule has 0 saturated carbocycles. The monoisotopic (exact) mass is 486 g/mol. The van der Waals surface area contributed by atoms with Crippen molar-refractivity contribution in [1.29, 1.82) is 0 Å². The van der Waals surface area contributed by atoms with Gasteiger partial charge in [-0.15, -0.1) is 0 Å². The molecule has 0 saturated heterocycles. The normalized spacial score (nSPS) is 11.9. The molecule has 0 spiro atoms. The van der Waals surface area contributed by atoms with Crippen LogP contribution in [0.3, 0.4) is 0 Å². The number of hydrogen-bond acceptors (Lipinski definition) is 8. The van der Waals surface area contributed by atoms with Gasteiger partial charge in [0.1, 0.15) is 24.7 Å². The lowest BCUT2D eigenvalue weighted by molar-refractivity contribution is -0.144. The predicted octanol–water partition coefficient (Wildman–Crippen LogP) is 1.24. The molecule has 10 nitrogen and oxygen atoms in total. The Hall–Kier alpha value is -2.67. The zero-order valence-corrected chi connectivity index (χ0v) is 19.6. The Bertz CT molecular complexity index is 1100.